The molecular weight excluding hydrogens is 398 g/mol. The second-order valence-corrected chi connectivity index (χ2v) is 7.89. The van der Waals surface area contributed by atoms with E-state index in [0.717, 1.165) is 32.3 Å². The number of ketones is 1. The summed E-state index contributed by atoms with van der Waals surface area (Å²) < 4.78 is 4.65. The van der Waals surface area contributed by atoms with Crippen LogP contribution in [-0.4, -0.2) is 44.8 Å². The van der Waals surface area contributed by atoms with Crippen molar-refractivity contribution in [1.29, 1.82) is 0 Å². The predicted octanol–water partition coefficient (Wildman–Crippen LogP) is -0.862. The zero-order valence-electron chi connectivity index (χ0n) is 16.6. The number of rotatable bonds is 5. The number of thioether (sulfide) groups is 1. The fourth-order valence-corrected chi connectivity index (χ4v) is 3.66. The number of hydrogen-bond acceptors (Lipinski definition) is 9. The van der Waals surface area contributed by atoms with Crippen molar-refractivity contribution in [2.75, 3.05) is 11.6 Å². The standard InChI is InChI=1S/C16H21N9O3S/c1-7-6-8(2)25(21-7)14-19-20-15(24(14)18)29-9(3)11(26)10-12(17)22(4)16(28)23(5)13(10)27/h6,9H,17-18H2,1-5H3. The van der Waals surface area contributed by atoms with Gasteiger partial charge in [-0.3, -0.25) is 18.7 Å². The number of aromatic nitrogens is 7. The molecule has 1 atom stereocenters. The summed E-state index contributed by atoms with van der Waals surface area (Å²) in [5.74, 6) is 5.65. The van der Waals surface area contributed by atoms with Crippen LogP contribution < -0.4 is 22.8 Å². The number of carbonyl (C=O) groups is 1. The normalized spacial score (nSPS) is 12.3. The van der Waals surface area contributed by atoms with E-state index >= 15 is 0 Å². The van der Waals surface area contributed by atoms with Crippen LogP contribution in [0.1, 0.15) is 28.7 Å². The predicted molar refractivity (Wildman–Crippen MR) is 108 cm³/mol. The summed E-state index contributed by atoms with van der Waals surface area (Å²) in [5, 5.41) is 11.9. The highest BCUT2D eigenvalue weighted by molar-refractivity contribution is 8.00. The maximum Gasteiger partial charge on any atom is 0.332 e. The van der Waals surface area contributed by atoms with Gasteiger partial charge in [-0.25, -0.2) is 14.2 Å². The van der Waals surface area contributed by atoms with Crippen molar-refractivity contribution in [1.82, 2.24) is 33.8 Å². The van der Waals surface area contributed by atoms with E-state index in [0.29, 0.717) is 0 Å². The van der Waals surface area contributed by atoms with Crippen molar-refractivity contribution in [3.63, 3.8) is 0 Å². The molecule has 0 aliphatic heterocycles. The molecular formula is C16H21N9O3S. The number of hydrogen-bond donors (Lipinski definition) is 2. The van der Waals surface area contributed by atoms with E-state index in [4.69, 9.17) is 11.6 Å². The summed E-state index contributed by atoms with van der Waals surface area (Å²) in [6, 6.07) is 1.87. The maximum atomic E-state index is 12.9. The van der Waals surface area contributed by atoms with Gasteiger partial charge in [0.05, 0.1) is 10.9 Å². The Morgan fingerprint density at radius 3 is 2.41 bits per heavy atom. The van der Waals surface area contributed by atoms with Gasteiger partial charge in [-0.2, -0.15) is 5.10 Å². The van der Waals surface area contributed by atoms with Crippen molar-refractivity contribution in [2.24, 2.45) is 14.1 Å². The first-order chi connectivity index (χ1) is 13.5. The third-order valence-corrected chi connectivity index (χ3v) is 5.51. The Kier molecular flexibility index (Phi) is 5.09. The fraction of sp³-hybridized carbons (Fsp3) is 0.375. The number of nitrogens with zero attached hydrogens (tertiary/aromatic N) is 7. The molecule has 0 aliphatic rings. The minimum atomic E-state index is -0.762. The lowest BCUT2D eigenvalue weighted by molar-refractivity contribution is 0.0992. The van der Waals surface area contributed by atoms with Crippen LogP contribution in [0.25, 0.3) is 5.95 Å². The van der Waals surface area contributed by atoms with Crippen LogP contribution in [0.5, 0.6) is 0 Å². The van der Waals surface area contributed by atoms with Gasteiger partial charge in [0.15, 0.2) is 5.78 Å². The van der Waals surface area contributed by atoms with Crippen molar-refractivity contribution >= 4 is 23.4 Å². The molecule has 4 N–H and O–H groups in total. The van der Waals surface area contributed by atoms with Crippen molar-refractivity contribution in [2.45, 2.75) is 31.2 Å². The van der Waals surface area contributed by atoms with Crippen LogP contribution in [0.2, 0.25) is 0 Å². The lowest BCUT2D eigenvalue weighted by Gasteiger charge is -2.14. The molecule has 12 nitrogen and oxygen atoms in total. The van der Waals surface area contributed by atoms with Gasteiger partial charge < -0.3 is 11.6 Å². The zero-order chi connectivity index (χ0) is 21.6. The second kappa shape index (κ2) is 7.24. The Hall–Kier alpha value is -3.35. The van der Waals surface area contributed by atoms with Gasteiger partial charge in [-0.1, -0.05) is 11.8 Å². The Morgan fingerprint density at radius 2 is 1.83 bits per heavy atom. The lowest BCUT2D eigenvalue weighted by Crippen LogP contribution is -2.42. The Morgan fingerprint density at radius 1 is 1.17 bits per heavy atom. The number of nitrogen functional groups attached to an aromatic ring is 2. The number of anilines is 1. The number of aryl methyl sites for hydroxylation is 2. The molecule has 3 rings (SSSR count). The first-order valence-electron chi connectivity index (χ1n) is 8.55. The molecule has 3 aromatic heterocycles. The van der Waals surface area contributed by atoms with E-state index in [2.05, 4.69) is 15.3 Å². The SMILES string of the molecule is Cc1cc(C)n(-c2nnc(SC(C)C(=O)c3c(N)n(C)c(=O)n(C)c3=O)n2N)n1. The first-order valence-corrected chi connectivity index (χ1v) is 9.43. The molecule has 0 spiro atoms. The van der Waals surface area contributed by atoms with E-state index in [1.165, 1.54) is 18.8 Å². The highest BCUT2D eigenvalue weighted by Crippen LogP contribution is 2.25. The van der Waals surface area contributed by atoms with Gasteiger partial charge >= 0.3 is 5.69 Å². The largest absolute Gasteiger partial charge is 0.384 e. The van der Waals surface area contributed by atoms with Crippen LogP contribution in [0.4, 0.5) is 5.82 Å². The molecule has 0 aromatic carbocycles. The molecule has 154 valence electrons. The summed E-state index contributed by atoms with van der Waals surface area (Å²) in [4.78, 5) is 37.3. The lowest BCUT2D eigenvalue weighted by atomic mass is 10.1. The first kappa shape index (κ1) is 20.4. The van der Waals surface area contributed by atoms with Gasteiger partial charge in [0, 0.05) is 19.8 Å². The molecule has 0 radical (unpaired) electrons. The van der Waals surface area contributed by atoms with Gasteiger partial charge in [0.1, 0.15) is 11.4 Å². The van der Waals surface area contributed by atoms with Gasteiger partial charge in [-0.15, -0.1) is 10.2 Å². The van der Waals surface area contributed by atoms with Crippen LogP contribution in [0.3, 0.4) is 0 Å². The Labute approximate surface area is 169 Å². The van der Waals surface area contributed by atoms with Crippen LogP contribution in [0, 0.1) is 13.8 Å². The molecule has 1 unspecified atom stereocenters. The molecule has 29 heavy (non-hydrogen) atoms. The molecule has 3 aromatic rings. The highest BCUT2D eigenvalue weighted by atomic mass is 32.2. The van der Waals surface area contributed by atoms with Crippen molar-refractivity contribution < 1.29 is 4.79 Å². The minimum absolute atomic E-state index is 0.187. The number of carbonyl (C=O) groups excluding carboxylic acids is 1. The molecule has 0 bridgehead atoms. The molecule has 0 amide bonds. The van der Waals surface area contributed by atoms with Crippen LogP contribution in [0.15, 0.2) is 20.8 Å². The van der Waals surface area contributed by atoms with Crippen LogP contribution in [-0.2, 0) is 14.1 Å². The van der Waals surface area contributed by atoms with Gasteiger partial charge in [0.25, 0.3) is 11.5 Å². The summed E-state index contributed by atoms with van der Waals surface area (Å²) in [6.45, 7) is 5.29. The number of nitrogens with two attached hydrogens (primary N) is 2. The maximum absolute atomic E-state index is 12.9. The molecule has 0 saturated carbocycles. The summed E-state index contributed by atoms with van der Waals surface area (Å²) in [6.07, 6.45) is 0. The summed E-state index contributed by atoms with van der Waals surface area (Å²) in [7, 11) is 2.68. The Balaban J connectivity index is 1.94. The highest BCUT2D eigenvalue weighted by Gasteiger charge is 2.27. The van der Waals surface area contributed by atoms with Gasteiger partial charge in [0.2, 0.25) is 5.16 Å². The van der Waals surface area contributed by atoms with E-state index in [9.17, 15) is 14.4 Å². The molecule has 0 fully saturated rings. The average Bonchev–Trinajstić information content (AvgIpc) is 3.19. The molecule has 13 heteroatoms. The third kappa shape index (κ3) is 3.33. The fourth-order valence-electron chi connectivity index (χ4n) is 2.83. The van der Waals surface area contributed by atoms with Crippen molar-refractivity contribution in [3.8, 4) is 5.95 Å². The molecule has 3 heterocycles. The minimum Gasteiger partial charge on any atom is -0.384 e. The van der Waals surface area contributed by atoms with Crippen LogP contribution >= 0.6 is 11.8 Å². The van der Waals surface area contributed by atoms with E-state index in [1.807, 2.05) is 19.9 Å². The monoisotopic (exact) mass is 419 g/mol. The summed E-state index contributed by atoms with van der Waals surface area (Å²) >= 11 is 1.02. The molecule has 0 saturated heterocycles. The van der Waals surface area contributed by atoms with E-state index in [1.54, 1.807) is 11.6 Å². The van der Waals surface area contributed by atoms with E-state index in [-0.39, 0.29) is 22.5 Å². The summed E-state index contributed by atoms with van der Waals surface area (Å²) in [5.41, 5.74) is 5.87. The average molecular weight is 419 g/mol. The van der Waals surface area contributed by atoms with Gasteiger partial charge in [-0.05, 0) is 26.8 Å². The smallest absolute Gasteiger partial charge is 0.332 e. The second-order valence-electron chi connectivity index (χ2n) is 6.58. The topological polar surface area (TPSA) is 162 Å². The Bertz CT molecular complexity index is 1230. The third-order valence-electron chi connectivity index (χ3n) is 4.45. The molecule has 0 aliphatic carbocycles. The number of Topliss-reactive ketones (excluding diaryl/α,β-unsaturated/α-hetero) is 1. The van der Waals surface area contributed by atoms with E-state index < -0.39 is 22.3 Å². The zero-order valence-corrected chi connectivity index (χ0v) is 17.4. The quantitative estimate of drug-likeness (QED) is 0.304. The van der Waals surface area contributed by atoms with Crippen molar-refractivity contribution in [3.05, 3.63) is 43.9 Å².